The van der Waals surface area contributed by atoms with Crippen LogP contribution in [0.1, 0.15) is 110 Å². The first-order valence-corrected chi connectivity index (χ1v) is 9.62. The second kappa shape index (κ2) is 22.8. The molecule has 0 aliphatic heterocycles. The van der Waals surface area contributed by atoms with Gasteiger partial charge in [0.15, 0.2) is 0 Å². The van der Waals surface area contributed by atoms with Crippen LogP contribution in [0.5, 0.6) is 0 Å². The first-order chi connectivity index (χ1) is 10.8. The number of hydrogen-bond acceptors (Lipinski definition) is 2. The van der Waals surface area contributed by atoms with E-state index in [9.17, 15) is 9.90 Å². The fourth-order valence-electron chi connectivity index (χ4n) is 2.69. The van der Waals surface area contributed by atoms with Gasteiger partial charge >= 0.3 is 51.4 Å². The minimum Gasteiger partial charge on any atom is -0.550 e. The van der Waals surface area contributed by atoms with Gasteiger partial charge in [0.05, 0.1) is 0 Å². The molecule has 0 aromatic heterocycles. The molecule has 0 N–H and O–H groups in total. The van der Waals surface area contributed by atoms with Crippen LogP contribution >= 0.6 is 0 Å². The van der Waals surface area contributed by atoms with Gasteiger partial charge in [0.1, 0.15) is 0 Å². The van der Waals surface area contributed by atoms with Gasteiger partial charge in [0.25, 0.3) is 0 Å². The van der Waals surface area contributed by atoms with Gasteiger partial charge in [-0.2, -0.15) is 0 Å². The maximum Gasteiger partial charge on any atom is 1.00 e. The summed E-state index contributed by atoms with van der Waals surface area (Å²) < 4.78 is 0. The Hall–Kier alpha value is 0.846. The Morgan fingerprint density at radius 1 is 0.696 bits per heavy atom. The monoisotopic (exact) mass is 348 g/mol. The molecule has 0 heterocycles. The zero-order valence-corrected chi connectivity index (χ0v) is 18.9. The summed E-state index contributed by atoms with van der Waals surface area (Å²) in [5, 5.41) is 10.2. The van der Waals surface area contributed by atoms with Crippen molar-refractivity contribution in [1.29, 1.82) is 0 Å². The van der Waals surface area contributed by atoms with E-state index in [4.69, 9.17) is 0 Å². The fourth-order valence-corrected chi connectivity index (χ4v) is 2.69. The van der Waals surface area contributed by atoms with Crippen molar-refractivity contribution in [2.45, 2.75) is 110 Å². The third kappa shape index (κ3) is 25.2. The summed E-state index contributed by atoms with van der Waals surface area (Å²) in [5.41, 5.74) is 0. The van der Waals surface area contributed by atoms with Crippen LogP contribution in [0.15, 0.2) is 12.2 Å². The first-order valence-electron chi connectivity index (χ1n) is 9.62. The molecule has 0 atom stereocenters. The van der Waals surface area contributed by atoms with Crippen molar-refractivity contribution < 1.29 is 61.3 Å². The first kappa shape index (κ1) is 26.1. The van der Waals surface area contributed by atoms with Crippen molar-refractivity contribution in [3.63, 3.8) is 0 Å². The van der Waals surface area contributed by atoms with Crippen LogP contribution in [0.4, 0.5) is 0 Å². The van der Waals surface area contributed by atoms with Crippen LogP contribution in [-0.4, -0.2) is 5.97 Å². The molecule has 0 amide bonds. The molecule has 0 aromatic carbocycles. The van der Waals surface area contributed by atoms with Crippen molar-refractivity contribution >= 4 is 5.97 Å². The van der Waals surface area contributed by atoms with Gasteiger partial charge < -0.3 is 9.90 Å². The molecule has 0 saturated carbocycles. The Balaban J connectivity index is 0. The predicted molar refractivity (Wildman–Crippen MR) is 93.7 cm³/mol. The van der Waals surface area contributed by atoms with E-state index < -0.39 is 5.97 Å². The molecule has 0 aromatic rings. The Morgan fingerprint density at radius 3 is 1.52 bits per heavy atom. The zero-order valence-electron chi connectivity index (χ0n) is 15.8. The number of rotatable bonds is 17. The summed E-state index contributed by atoms with van der Waals surface area (Å²) in [5.74, 6) is -0.909. The molecule has 0 aliphatic rings. The summed E-state index contributed by atoms with van der Waals surface area (Å²) >= 11 is 0. The molecule has 0 bridgehead atoms. The number of carbonyl (C=O) groups excluding carboxylic acids is 1. The molecule has 0 spiro atoms. The van der Waals surface area contributed by atoms with E-state index in [0.717, 1.165) is 12.8 Å². The number of hydrogen-bond donors (Lipinski definition) is 0. The van der Waals surface area contributed by atoms with E-state index in [0.29, 0.717) is 0 Å². The van der Waals surface area contributed by atoms with Crippen molar-refractivity contribution in [2.75, 3.05) is 0 Å². The topological polar surface area (TPSA) is 40.1 Å². The third-order valence-corrected chi connectivity index (χ3v) is 4.14. The molecular weight excluding hydrogens is 311 g/mol. The van der Waals surface area contributed by atoms with Gasteiger partial charge in [-0.15, -0.1) is 0 Å². The van der Waals surface area contributed by atoms with Crippen LogP contribution in [0.2, 0.25) is 0 Å². The quantitative estimate of drug-likeness (QED) is 0.230. The van der Waals surface area contributed by atoms with E-state index in [-0.39, 0.29) is 57.8 Å². The summed E-state index contributed by atoms with van der Waals surface area (Å²) in [4.78, 5) is 10.2. The van der Waals surface area contributed by atoms with Crippen LogP contribution in [0.25, 0.3) is 0 Å². The van der Waals surface area contributed by atoms with Gasteiger partial charge in [-0.3, -0.25) is 0 Å². The molecule has 0 aliphatic carbocycles. The number of unbranched alkanes of at least 4 members (excludes halogenated alkanes) is 13. The SMILES string of the molecule is CCCCCCCC/C=C\CCCCCCCCCC(=O)[O-].[K+]. The number of carboxylic acid groups (broad SMARTS) is 1. The average Bonchev–Trinajstić information content (AvgIpc) is 2.50. The van der Waals surface area contributed by atoms with E-state index >= 15 is 0 Å². The fraction of sp³-hybridized carbons (Fsp3) is 0.850. The molecule has 3 heteroatoms. The van der Waals surface area contributed by atoms with Crippen molar-refractivity contribution in [3.05, 3.63) is 12.2 Å². The molecule has 0 saturated heterocycles. The Labute approximate surface area is 187 Å². The second-order valence-corrected chi connectivity index (χ2v) is 6.41. The molecule has 23 heavy (non-hydrogen) atoms. The summed E-state index contributed by atoms with van der Waals surface area (Å²) in [6.07, 6.45) is 23.8. The molecule has 0 radical (unpaired) electrons. The Kier molecular flexibility index (Phi) is 25.9. The van der Waals surface area contributed by atoms with E-state index in [1.54, 1.807) is 0 Å². The van der Waals surface area contributed by atoms with Crippen molar-refractivity contribution in [3.8, 4) is 0 Å². The van der Waals surface area contributed by atoms with E-state index in [1.807, 2.05) is 0 Å². The minimum atomic E-state index is -0.909. The van der Waals surface area contributed by atoms with Crippen molar-refractivity contribution in [2.24, 2.45) is 0 Å². The minimum absolute atomic E-state index is 0. The number of allylic oxidation sites excluding steroid dienone is 2. The van der Waals surface area contributed by atoms with Gasteiger partial charge in [-0.1, -0.05) is 83.3 Å². The van der Waals surface area contributed by atoms with Gasteiger partial charge in [-0.05, 0) is 38.5 Å². The third-order valence-electron chi connectivity index (χ3n) is 4.14. The molecule has 0 unspecified atom stereocenters. The zero-order chi connectivity index (χ0) is 16.3. The summed E-state index contributed by atoms with van der Waals surface area (Å²) in [6.45, 7) is 2.26. The second-order valence-electron chi connectivity index (χ2n) is 6.41. The maximum atomic E-state index is 10.2. The van der Waals surface area contributed by atoms with E-state index in [2.05, 4.69) is 19.1 Å². The predicted octanol–water partition coefficient (Wildman–Crippen LogP) is 2.56. The average molecular weight is 349 g/mol. The van der Waals surface area contributed by atoms with Gasteiger partial charge in [-0.25, -0.2) is 0 Å². The van der Waals surface area contributed by atoms with E-state index in [1.165, 1.54) is 83.5 Å². The molecule has 2 nitrogen and oxygen atoms in total. The van der Waals surface area contributed by atoms with Gasteiger partial charge in [0, 0.05) is 5.97 Å². The maximum absolute atomic E-state index is 10.2. The van der Waals surface area contributed by atoms with Crippen LogP contribution in [0, 0.1) is 0 Å². The van der Waals surface area contributed by atoms with Gasteiger partial charge in [0.2, 0.25) is 0 Å². The largest absolute Gasteiger partial charge is 1.00 e. The number of carboxylic acids is 1. The Morgan fingerprint density at radius 2 is 1.09 bits per heavy atom. The Bertz CT molecular complexity index is 264. The number of aliphatic carboxylic acids is 1. The molecule has 0 rings (SSSR count). The normalized spacial score (nSPS) is 10.8. The molecule has 130 valence electrons. The smallest absolute Gasteiger partial charge is 0.550 e. The standard InChI is InChI=1S/C20H38O2.K/c1-2-3-4-5-6-7-8-9-10-11-12-13-14-15-16-17-18-19-20(21)22;/h9-10H,2-8,11-19H2,1H3,(H,21,22);/q;+1/p-1/b10-9-;. The van der Waals surface area contributed by atoms with Crippen LogP contribution < -0.4 is 56.5 Å². The van der Waals surface area contributed by atoms with Crippen molar-refractivity contribution in [1.82, 2.24) is 0 Å². The summed E-state index contributed by atoms with van der Waals surface area (Å²) in [7, 11) is 0. The molecule has 0 fully saturated rings. The molecular formula is C20H37KO2. The summed E-state index contributed by atoms with van der Waals surface area (Å²) in [6, 6.07) is 0. The van der Waals surface area contributed by atoms with Crippen LogP contribution in [-0.2, 0) is 4.79 Å². The number of carbonyl (C=O) groups is 1. The van der Waals surface area contributed by atoms with Crippen LogP contribution in [0.3, 0.4) is 0 Å².